The molecule has 4 heteroatoms. The molecule has 0 amide bonds. The minimum Gasteiger partial charge on any atom is -0.311 e. The van der Waals surface area contributed by atoms with Crippen molar-refractivity contribution in [2.24, 2.45) is 0 Å². The van der Waals surface area contributed by atoms with Gasteiger partial charge in [-0.15, -0.1) is 0 Å². The van der Waals surface area contributed by atoms with E-state index in [1.807, 2.05) is 0 Å². The summed E-state index contributed by atoms with van der Waals surface area (Å²) < 4.78 is 26.4. The van der Waals surface area contributed by atoms with Crippen LogP contribution in [-0.2, 0) is 6.54 Å². The second-order valence-electron chi connectivity index (χ2n) is 5.31. The van der Waals surface area contributed by atoms with E-state index in [4.69, 9.17) is 0 Å². The lowest BCUT2D eigenvalue weighted by molar-refractivity contribution is 0.0597. The summed E-state index contributed by atoms with van der Waals surface area (Å²) in [6.07, 6.45) is 3.57. The lowest BCUT2D eigenvalue weighted by Gasteiger charge is -2.47. The zero-order chi connectivity index (χ0) is 13.2. The van der Waals surface area contributed by atoms with Crippen LogP contribution < -0.4 is 5.32 Å². The van der Waals surface area contributed by atoms with Gasteiger partial charge < -0.3 is 10.2 Å². The summed E-state index contributed by atoms with van der Waals surface area (Å²) in [7, 11) is 4.15. The third-order valence-electron chi connectivity index (χ3n) is 4.01. The molecule has 100 valence electrons. The molecule has 1 N–H and O–H groups in total. The summed E-state index contributed by atoms with van der Waals surface area (Å²) in [6, 6.07) is 3.58. The Balaban J connectivity index is 1.90. The number of hydrogen-bond acceptors (Lipinski definition) is 2. The monoisotopic (exact) mass is 254 g/mol. The first kappa shape index (κ1) is 13.4. The highest BCUT2D eigenvalue weighted by Crippen LogP contribution is 2.35. The molecule has 0 radical (unpaired) electrons. The molecule has 0 bridgehead atoms. The summed E-state index contributed by atoms with van der Waals surface area (Å²) in [5, 5.41) is 3.25. The summed E-state index contributed by atoms with van der Waals surface area (Å²) in [5.41, 5.74) is 0.590. The molecule has 0 aromatic heterocycles. The third-order valence-corrected chi connectivity index (χ3v) is 4.01. The summed E-state index contributed by atoms with van der Waals surface area (Å²) in [5.74, 6) is -0.740. The smallest absolute Gasteiger partial charge is 0.127 e. The highest BCUT2D eigenvalue weighted by atomic mass is 19.1. The Morgan fingerprint density at radius 3 is 2.56 bits per heavy atom. The van der Waals surface area contributed by atoms with Gasteiger partial charge >= 0.3 is 0 Å². The molecule has 1 aliphatic carbocycles. The lowest BCUT2D eigenvalue weighted by atomic mass is 9.75. The molecule has 0 spiro atoms. The predicted octanol–water partition coefficient (Wildman–Crippen LogP) is 2.54. The predicted molar refractivity (Wildman–Crippen MR) is 68.3 cm³/mol. The maximum Gasteiger partial charge on any atom is 0.127 e. The van der Waals surface area contributed by atoms with E-state index in [9.17, 15) is 8.78 Å². The van der Waals surface area contributed by atoms with Crippen molar-refractivity contribution in [1.29, 1.82) is 0 Å². The zero-order valence-corrected chi connectivity index (χ0v) is 11.0. The molecule has 1 aromatic carbocycles. The summed E-state index contributed by atoms with van der Waals surface area (Å²) in [4.78, 5) is 2.23. The van der Waals surface area contributed by atoms with Crippen molar-refractivity contribution in [2.45, 2.75) is 31.3 Å². The SMILES string of the molecule is CN(C)C1(CNCc2cc(F)ccc2F)CCC1. The van der Waals surface area contributed by atoms with Crippen LogP contribution in [0.15, 0.2) is 18.2 Å². The van der Waals surface area contributed by atoms with Gasteiger partial charge in [0.1, 0.15) is 11.6 Å². The van der Waals surface area contributed by atoms with Crippen LogP contribution in [0.5, 0.6) is 0 Å². The largest absolute Gasteiger partial charge is 0.311 e. The van der Waals surface area contributed by atoms with Crippen LogP contribution in [0, 0.1) is 11.6 Å². The molecule has 1 aliphatic rings. The van der Waals surface area contributed by atoms with Crippen molar-refractivity contribution < 1.29 is 8.78 Å². The number of hydrogen-bond donors (Lipinski definition) is 1. The van der Waals surface area contributed by atoms with Crippen LogP contribution in [0.3, 0.4) is 0 Å². The number of halogens is 2. The first-order valence-corrected chi connectivity index (χ1v) is 6.36. The fraction of sp³-hybridized carbons (Fsp3) is 0.571. The van der Waals surface area contributed by atoms with Gasteiger partial charge in [-0.05, 0) is 51.6 Å². The Hall–Kier alpha value is -1.00. The van der Waals surface area contributed by atoms with Gasteiger partial charge in [-0.25, -0.2) is 8.78 Å². The van der Waals surface area contributed by atoms with E-state index in [0.29, 0.717) is 12.1 Å². The maximum absolute atomic E-state index is 13.4. The molecule has 1 fully saturated rings. The second kappa shape index (κ2) is 5.33. The van der Waals surface area contributed by atoms with Gasteiger partial charge in [0, 0.05) is 24.2 Å². The van der Waals surface area contributed by atoms with Gasteiger partial charge in [-0.3, -0.25) is 0 Å². The van der Waals surface area contributed by atoms with Crippen LogP contribution in [0.2, 0.25) is 0 Å². The fourth-order valence-corrected chi connectivity index (χ4v) is 2.48. The van der Waals surface area contributed by atoms with E-state index in [1.54, 1.807) is 0 Å². The van der Waals surface area contributed by atoms with Gasteiger partial charge in [0.05, 0.1) is 0 Å². The Bertz CT molecular complexity index is 414. The first-order valence-electron chi connectivity index (χ1n) is 6.36. The molecule has 18 heavy (non-hydrogen) atoms. The third kappa shape index (κ3) is 2.70. The summed E-state index contributed by atoms with van der Waals surface area (Å²) >= 11 is 0. The van der Waals surface area contributed by atoms with Crippen LogP contribution >= 0.6 is 0 Å². The molecular formula is C14H20F2N2. The Labute approximate surface area is 107 Å². The van der Waals surface area contributed by atoms with Crippen molar-refractivity contribution in [1.82, 2.24) is 10.2 Å². The Kier molecular flexibility index (Phi) is 3.97. The molecule has 0 heterocycles. The van der Waals surface area contributed by atoms with E-state index in [1.165, 1.54) is 31.4 Å². The Morgan fingerprint density at radius 2 is 2.00 bits per heavy atom. The van der Waals surface area contributed by atoms with Gasteiger partial charge in [0.25, 0.3) is 0 Å². The van der Waals surface area contributed by atoms with E-state index in [0.717, 1.165) is 12.6 Å². The average Bonchev–Trinajstić information content (AvgIpc) is 2.26. The van der Waals surface area contributed by atoms with Gasteiger partial charge in [-0.2, -0.15) is 0 Å². The molecule has 2 nitrogen and oxygen atoms in total. The van der Waals surface area contributed by atoms with Gasteiger partial charge in [0.15, 0.2) is 0 Å². The van der Waals surface area contributed by atoms with Crippen LogP contribution in [0.25, 0.3) is 0 Å². The molecular weight excluding hydrogens is 234 g/mol. The molecule has 1 saturated carbocycles. The van der Waals surface area contributed by atoms with Crippen LogP contribution in [0.4, 0.5) is 8.78 Å². The van der Waals surface area contributed by atoms with Crippen LogP contribution in [0.1, 0.15) is 24.8 Å². The van der Waals surface area contributed by atoms with Crippen molar-refractivity contribution >= 4 is 0 Å². The number of likely N-dealkylation sites (N-methyl/N-ethyl adjacent to an activating group) is 1. The van der Waals surface area contributed by atoms with Crippen molar-refractivity contribution in [3.8, 4) is 0 Å². The van der Waals surface area contributed by atoms with Crippen LogP contribution in [-0.4, -0.2) is 31.1 Å². The minimum absolute atomic E-state index is 0.198. The van der Waals surface area contributed by atoms with Crippen molar-refractivity contribution in [3.05, 3.63) is 35.4 Å². The maximum atomic E-state index is 13.4. The topological polar surface area (TPSA) is 15.3 Å². The van der Waals surface area contributed by atoms with E-state index in [-0.39, 0.29) is 17.2 Å². The molecule has 2 rings (SSSR count). The average molecular weight is 254 g/mol. The van der Waals surface area contributed by atoms with Gasteiger partial charge in [-0.1, -0.05) is 0 Å². The normalized spacial score (nSPS) is 17.8. The zero-order valence-electron chi connectivity index (χ0n) is 11.0. The fourth-order valence-electron chi connectivity index (χ4n) is 2.48. The number of benzene rings is 1. The standard InChI is InChI=1S/C14H20F2N2/c1-18(2)14(6-3-7-14)10-17-9-11-8-12(15)4-5-13(11)16/h4-5,8,17H,3,6-7,9-10H2,1-2H3. The first-order chi connectivity index (χ1) is 8.53. The van der Waals surface area contributed by atoms with Gasteiger partial charge in [0.2, 0.25) is 0 Å². The van der Waals surface area contributed by atoms with Crippen molar-refractivity contribution in [3.63, 3.8) is 0 Å². The highest BCUT2D eigenvalue weighted by Gasteiger charge is 2.38. The summed E-state index contributed by atoms with van der Waals surface area (Å²) in [6.45, 7) is 1.19. The second-order valence-corrected chi connectivity index (χ2v) is 5.31. The Morgan fingerprint density at radius 1 is 1.28 bits per heavy atom. The van der Waals surface area contributed by atoms with E-state index >= 15 is 0 Å². The number of rotatable bonds is 5. The highest BCUT2D eigenvalue weighted by molar-refractivity contribution is 5.18. The lowest BCUT2D eigenvalue weighted by Crippen LogP contribution is -2.56. The molecule has 0 aliphatic heterocycles. The van der Waals surface area contributed by atoms with E-state index in [2.05, 4.69) is 24.3 Å². The van der Waals surface area contributed by atoms with E-state index < -0.39 is 0 Å². The number of nitrogens with one attached hydrogen (secondary N) is 1. The molecule has 1 aromatic rings. The van der Waals surface area contributed by atoms with Crippen molar-refractivity contribution in [2.75, 3.05) is 20.6 Å². The quantitative estimate of drug-likeness (QED) is 0.868. The minimum atomic E-state index is -0.390. The molecule has 0 unspecified atom stereocenters. The molecule has 0 atom stereocenters. The number of nitrogens with zero attached hydrogens (tertiary/aromatic N) is 1. The molecule has 0 saturated heterocycles.